The molecule has 1 N–H and O–H groups in total. The second kappa shape index (κ2) is 8.05. The molecule has 0 atom stereocenters. The van der Waals surface area contributed by atoms with Crippen molar-refractivity contribution in [2.75, 3.05) is 24.9 Å². The first-order chi connectivity index (χ1) is 13.3. The molecule has 0 saturated carbocycles. The zero-order chi connectivity index (χ0) is 20.3. The summed E-state index contributed by atoms with van der Waals surface area (Å²) in [7, 11) is -2.46. The third-order valence-electron chi connectivity index (χ3n) is 4.76. The highest BCUT2D eigenvalue weighted by Gasteiger charge is 2.21. The van der Waals surface area contributed by atoms with E-state index in [-0.39, 0.29) is 23.0 Å². The molecule has 9 heteroatoms. The molecule has 0 aliphatic carbocycles. The minimum atomic E-state index is -3.95. The van der Waals surface area contributed by atoms with Crippen molar-refractivity contribution in [2.24, 2.45) is 0 Å². The number of sulfonamides is 1. The molecule has 1 saturated heterocycles. The summed E-state index contributed by atoms with van der Waals surface area (Å²) in [5, 5.41) is 0. The number of benzene rings is 1. The summed E-state index contributed by atoms with van der Waals surface area (Å²) in [6.07, 6.45) is 1.92. The van der Waals surface area contributed by atoms with E-state index in [1.165, 1.54) is 42.0 Å². The first-order valence-corrected chi connectivity index (χ1v) is 10.5. The van der Waals surface area contributed by atoms with Gasteiger partial charge in [-0.25, -0.2) is 8.42 Å². The quantitative estimate of drug-likeness (QED) is 0.787. The summed E-state index contributed by atoms with van der Waals surface area (Å²) < 4.78 is 33.9. The number of aromatic nitrogens is 1. The fourth-order valence-electron chi connectivity index (χ4n) is 3.11. The average Bonchev–Trinajstić information content (AvgIpc) is 3.22. The summed E-state index contributed by atoms with van der Waals surface area (Å²) in [5.41, 5.74) is -0.0646. The number of nitrogens with zero attached hydrogens (tertiary/aromatic N) is 2. The van der Waals surface area contributed by atoms with Gasteiger partial charge in [0.1, 0.15) is 18.0 Å². The standard InChI is InChI=1S/C19H23N3O5S/c1-14-5-10-17(19(24)22(14)13-18(23)21-11-3-4-12-21)20-28(25,26)16-8-6-15(27-2)7-9-16/h5-10,20H,3-4,11-13H2,1-2H3. The summed E-state index contributed by atoms with van der Waals surface area (Å²) in [4.78, 5) is 26.9. The van der Waals surface area contributed by atoms with Gasteiger partial charge in [-0.1, -0.05) is 0 Å². The molecule has 1 aliphatic rings. The normalized spacial score (nSPS) is 14.1. The van der Waals surface area contributed by atoms with Gasteiger partial charge in [0.25, 0.3) is 15.6 Å². The monoisotopic (exact) mass is 405 g/mol. The van der Waals surface area contributed by atoms with Crippen molar-refractivity contribution in [3.63, 3.8) is 0 Å². The predicted octanol–water partition coefficient (Wildman–Crippen LogP) is 1.59. The fraction of sp³-hybridized carbons (Fsp3) is 0.368. The van der Waals surface area contributed by atoms with Gasteiger partial charge in [0.05, 0.1) is 12.0 Å². The fourth-order valence-corrected chi connectivity index (χ4v) is 4.16. The summed E-state index contributed by atoms with van der Waals surface area (Å²) in [5.74, 6) is 0.384. The minimum Gasteiger partial charge on any atom is -0.497 e. The molecule has 8 nitrogen and oxygen atoms in total. The zero-order valence-corrected chi connectivity index (χ0v) is 16.7. The van der Waals surface area contributed by atoms with Crippen molar-refractivity contribution < 1.29 is 17.9 Å². The number of ether oxygens (including phenoxy) is 1. The van der Waals surface area contributed by atoms with Gasteiger partial charge < -0.3 is 14.2 Å². The van der Waals surface area contributed by atoms with Crippen LogP contribution in [0.5, 0.6) is 5.75 Å². The molecule has 1 aromatic heterocycles. The van der Waals surface area contributed by atoms with Crippen LogP contribution in [0.15, 0.2) is 46.1 Å². The van der Waals surface area contributed by atoms with E-state index in [2.05, 4.69) is 4.72 Å². The molecule has 1 amide bonds. The number of pyridine rings is 1. The van der Waals surface area contributed by atoms with Gasteiger partial charge in [-0.15, -0.1) is 0 Å². The van der Waals surface area contributed by atoms with Crippen LogP contribution < -0.4 is 15.0 Å². The molecule has 1 fully saturated rings. The molecule has 2 heterocycles. The van der Waals surface area contributed by atoms with Gasteiger partial charge in [-0.3, -0.25) is 14.3 Å². The minimum absolute atomic E-state index is 0.00738. The largest absolute Gasteiger partial charge is 0.497 e. The van der Waals surface area contributed by atoms with Crippen LogP contribution in [0.2, 0.25) is 0 Å². The maximum Gasteiger partial charge on any atom is 0.275 e. The molecule has 0 spiro atoms. The topological polar surface area (TPSA) is 97.7 Å². The summed E-state index contributed by atoms with van der Waals surface area (Å²) >= 11 is 0. The van der Waals surface area contributed by atoms with Crippen molar-refractivity contribution in [3.8, 4) is 5.75 Å². The zero-order valence-electron chi connectivity index (χ0n) is 15.8. The highest BCUT2D eigenvalue weighted by atomic mass is 32.2. The van der Waals surface area contributed by atoms with Gasteiger partial charge in [-0.05, 0) is 56.2 Å². The van der Waals surface area contributed by atoms with Crippen molar-refractivity contribution >= 4 is 21.6 Å². The summed E-state index contributed by atoms with van der Waals surface area (Å²) in [6, 6.07) is 8.86. The average molecular weight is 405 g/mol. The van der Waals surface area contributed by atoms with E-state index in [1.807, 2.05) is 0 Å². The third-order valence-corrected chi connectivity index (χ3v) is 6.14. The lowest BCUT2D eigenvalue weighted by Gasteiger charge is -2.18. The Morgan fingerprint density at radius 2 is 1.75 bits per heavy atom. The Hall–Kier alpha value is -2.81. The van der Waals surface area contributed by atoms with Crippen molar-refractivity contribution in [3.05, 3.63) is 52.4 Å². The highest BCUT2D eigenvalue weighted by molar-refractivity contribution is 7.92. The van der Waals surface area contributed by atoms with Crippen LogP contribution in [0, 0.1) is 6.92 Å². The number of amides is 1. The van der Waals surface area contributed by atoms with Gasteiger partial charge in [0.15, 0.2) is 0 Å². The van der Waals surface area contributed by atoms with Crippen LogP contribution in [0.4, 0.5) is 5.69 Å². The lowest BCUT2D eigenvalue weighted by Crippen LogP contribution is -2.36. The SMILES string of the molecule is COc1ccc(S(=O)(=O)Nc2ccc(C)n(CC(=O)N3CCCC3)c2=O)cc1. The smallest absolute Gasteiger partial charge is 0.275 e. The molecule has 0 unspecified atom stereocenters. The maximum atomic E-state index is 12.8. The van der Waals surface area contributed by atoms with Crippen molar-refractivity contribution in [1.82, 2.24) is 9.47 Å². The molecular formula is C19H23N3O5S. The lowest BCUT2D eigenvalue weighted by molar-refractivity contribution is -0.130. The van der Waals surface area contributed by atoms with Crippen LogP contribution in [0.25, 0.3) is 0 Å². The molecule has 3 rings (SSSR count). The van der Waals surface area contributed by atoms with Gasteiger partial charge in [0.2, 0.25) is 5.91 Å². The van der Waals surface area contributed by atoms with Crippen LogP contribution >= 0.6 is 0 Å². The molecule has 1 aliphatic heterocycles. The van der Waals surface area contributed by atoms with Gasteiger partial charge in [0, 0.05) is 18.8 Å². The second-order valence-electron chi connectivity index (χ2n) is 6.65. The second-order valence-corrected chi connectivity index (χ2v) is 8.33. The molecule has 0 radical (unpaired) electrons. The Morgan fingerprint density at radius 1 is 1.11 bits per heavy atom. The van der Waals surface area contributed by atoms with E-state index in [0.29, 0.717) is 24.5 Å². The summed E-state index contributed by atoms with van der Waals surface area (Å²) in [6.45, 7) is 2.98. The molecule has 150 valence electrons. The Balaban J connectivity index is 1.85. The van der Waals surface area contributed by atoms with Gasteiger partial charge >= 0.3 is 0 Å². The lowest BCUT2D eigenvalue weighted by atomic mass is 10.3. The number of anilines is 1. The number of methoxy groups -OCH3 is 1. The molecule has 2 aromatic rings. The van der Waals surface area contributed by atoms with Crippen LogP contribution in [0.3, 0.4) is 0 Å². The van der Waals surface area contributed by atoms with E-state index in [4.69, 9.17) is 4.74 Å². The maximum absolute atomic E-state index is 12.8. The number of aryl methyl sites for hydroxylation is 1. The number of likely N-dealkylation sites (tertiary alicyclic amines) is 1. The number of nitrogens with one attached hydrogen (secondary N) is 1. The Morgan fingerprint density at radius 3 is 2.36 bits per heavy atom. The number of carbonyl (C=O) groups excluding carboxylic acids is 1. The van der Waals surface area contributed by atoms with E-state index in [0.717, 1.165) is 12.8 Å². The van der Waals surface area contributed by atoms with E-state index in [9.17, 15) is 18.0 Å². The highest BCUT2D eigenvalue weighted by Crippen LogP contribution is 2.18. The molecule has 0 bridgehead atoms. The first-order valence-electron chi connectivity index (χ1n) is 8.97. The molecule has 1 aromatic carbocycles. The van der Waals surface area contributed by atoms with Gasteiger partial charge in [-0.2, -0.15) is 0 Å². The first kappa shape index (κ1) is 19.9. The predicted molar refractivity (Wildman–Crippen MR) is 105 cm³/mol. The Labute approximate surface area is 163 Å². The van der Waals surface area contributed by atoms with Crippen LogP contribution in [0.1, 0.15) is 18.5 Å². The van der Waals surface area contributed by atoms with Crippen LogP contribution in [-0.4, -0.2) is 44.0 Å². The number of hydrogen-bond donors (Lipinski definition) is 1. The number of carbonyl (C=O) groups is 1. The number of hydrogen-bond acceptors (Lipinski definition) is 5. The van der Waals surface area contributed by atoms with E-state index in [1.54, 1.807) is 17.9 Å². The molecular weight excluding hydrogens is 382 g/mol. The number of rotatable bonds is 6. The third kappa shape index (κ3) is 4.19. The van der Waals surface area contributed by atoms with E-state index < -0.39 is 15.6 Å². The van der Waals surface area contributed by atoms with Crippen LogP contribution in [-0.2, 0) is 21.4 Å². The van der Waals surface area contributed by atoms with Crippen molar-refractivity contribution in [2.45, 2.75) is 31.2 Å². The van der Waals surface area contributed by atoms with Crippen molar-refractivity contribution in [1.29, 1.82) is 0 Å². The van der Waals surface area contributed by atoms with E-state index >= 15 is 0 Å². The molecule has 28 heavy (non-hydrogen) atoms. The Kier molecular flexibility index (Phi) is 5.73. The Bertz CT molecular complexity index is 1020.